The Bertz CT molecular complexity index is 816. The van der Waals surface area contributed by atoms with Crippen LogP contribution in [0, 0.1) is 14.9 Å². The molecule has 3 rings (SSSR count). The first kappa shape index (κ1) is 18.0. The Morgan fingerprint density at radius 2 is 1.84 bits per heavy atom. The van der Waals surface area contributed by atoms with Crippen molar-refractivity contribution >= 4 is 45.8 Å². The van der Waals surface area contributed by atoms with Crippen LogP contribution in [0.5, 0.6) is 0 Å². The molecule has 25 heavy (non-hydrogen) atoms. The maximum Gasteiger partial charge on any atom is 0.253 e. The number of rotatable bonds is 2. The molecule has 6 heteroatoms. The predicted octanol–water partition coefficient (Wildman–Crippen LogP) is 4.17. The summed E-state index contributed by atoms with van der Waals surface area (Å²) in [6.07, 6.45) is 0.913. The summed E-state index contributed by atoms with van der Waals surface area (Å²) in [4.78, 5) is 16.9. The maximum atomic E-state index is 12.8. The Morgan fingerprint density at radius 3 is 2.52 bits per heavy atom. The molecule has 0 saturated carbocycles. The number of halogens is 2. The Balaban J connectivity index is 1.69. The van der Waals surface area contributed by atoms with Gasteiger partial charge in [0.15, 0.2) is 0 Å². The molecule has 2 aromatic carbocycles. The van der Waals surface area contributed by atoms with Crippen LogP contribution < -0.4 is 4.90 Å². The van der Waals surface area contributed by atoms with Crippen LogP contribution in [0.4, 0.5) is 5.69 Å². The minimum atomic E-state index is 0.0521. The molecular formula is C19H17ClIN3O. The van der Waals surface area contributed by atoms with E-state index >= 15 is 0 Å². The summed E-state index contributed by atoms with van der Waals surface area (Å²) < 4.78 is 0.888. The molecule has 128 valence electrons. The van der Waals surface area contributed by atoms with E-state index in [1.165, 1.54) is 0 Å². The molecule has 1 aliphatic heterocycles. The van der Waals surface area contributed by atoms with Crippen molar-refractivity contribution in [3.05, 3.63) is 62.2 Å². The van der Waals surface area contributed by atoms with Crippen LogP contribution in [0.1, 0.15) is 22.3 Å². The smallest absolute Gasteiger partial charge is 0.253 e. The van der Waals surface area contributed by atoms with Crippen LogP contribution in [0.3, 0.4) is 0 Å². The highest BCUT2D eigenvalue weighted by Crippen LogP contribution is 2.22. The number of nitrogens with zero attached hydrogens (tertiary/aromatic N) is 3. The second-order valence-electron chi connectivity index (χ2n) is 5.92. The SMILES string of the molecule is N#Cc1ccc(N2CCCN(C(=O)c3ccc(Cl)c(I)c3)CC2)cc1. The molecule has 0 unspecified atom stereocenters. The molecule has 1 saturated heterocycles. The van der Waals surface area contributed by atoms with Gasteiger partial charge in [0.25, 0.3) is 5.91 Å². The van der Waals surface area contributed by atoms with Gasteiger partial charge in [-0.2, -0.15) is 5.26 Å². The number of hydrogen-bond acceptors (Lipinski definition) is 3. The first-order valence-corrected chi connectivity index (χ1v) is 9.53. The molecule has 0 aliphatic carbocycles. The number of benzene rings is 2. The number of hydrogen-bond donors (Lipinski definition) is 0. The second kappa shape index (κ2) is 8.07. The molecule has 1 fully saturated rings. The molecular weight excluding hydrogens is 449 g/mol. The molecule has 0 atom stereocenters. The summed E-state index contributed by atoms with van der Waals surface area (Å²) in [5.41, 5.74) is 2.43. The summed E-state index contributed by atoms with van der Waals surface area (Å²) in [5.74, 6) is 0.0521. The fourth-order valence-corrected chi connectivity index (χ4v) is 3.57. The molecule has 2 aromatic rings. The number of nitriles is 1. The standard InChI is InChI=1S/C19H17ClIN3O/c20-17-7-4-15(12-18(17)21)19(25)24-9-1-8-23(10-11-24)16-5-2-14(13-22)3-6-16/h2-7,12H,1,8-11H2. The monoisotopic (exact) mass is 465 g/mol. The number of carbonyl (C=O) groups excluding carboxylic acids is 1. The van der Waals surface area contributed by atoms with E-state index in [0.29, 0.717) is 22.7 Å². The zero-order valence-corrected chi connectivity index (χ0v) is 16.5. The number of anilines is 1. The zero-order chi connectivity index (χ0) is 17.8. The third-order valence-corrected chi connectivity index (χ3v) is 5.85. The van der Waals surface area contributed by atoms with Gasteiger partial charge in [0.1, 0.15) is 0 Å². The van der Waals surface area contributed by atoms with Crippen molar-refractivity contribution in [3.8, 4) is 6.07 Å². The average molecular weight is 466 g/mol. The minimum Gasteiger partial charge on any atom is -0.370 e. The third kappa shape index (κ3) is 4.25. The Labute approximate surface area is 166 Å². The Kier molecular flexibility index (Phi) is 5.82. The highest BCUT2D eigenvalue weighted by molar-refractivity contribution is 14.1. The number of amides is 1. The van der Waals surface area contributed by atoms with Crippen molar-refractivity contribution < 1.29 is 4.79 Å². The summed E-state index contributed by atoms with van der Waals surface area (Å²) in [6.45, 7) is 3.10. The van der Waals surface area contributed by atoms with Crippen molar-refractivity contribution in [1.29, 1.82) is 5.26 Å². The van der Waals surface area contributed by atoms with Gasteiger partial charge < -0.3 is 9.80 Å². The lowest BCUT2D eigenvalue weighted by Crippen LogP contribution is -2.35. The first-order chi connectivity index (χ1) is 12.1. The second-order valence-corrected chi connectivity index (χ2v) is 7.49. The summed E-state index contributed by atoms with van der Waals surface area (Å²) in [7, 11) is 0. The molecule has 0 bridgehead atoms. The molecule has 1 aliphatic rings. The van der Waals surface area contributed by atoms with Crippen molar-refractivity contribution in [2.75, 3.05) is 31.1 Å². The van der Waals surface area contributed by atoms with Gasteiger partial charge >= 0.3 is 0 Å². The lowest BCUT2D eigenvalue weighted by molar-refractivity contribution is 0.0767. The molecule has 4 nitrogen and oxygen atoms in total. The van der Waals surface area contributed by atoms with Crippen LogP contribution in [-0.4, -0.2) is 37.0 Å². The van der Waals surface area contributed by atoms with Gasteiger partial charge in [-0.3, -0.25) is 4.79 Å². The van der Waals surface area contributed by atoms with Crippen LogP contribution >= 0.6 is 34.2 Å². The lowest BCUT2D eigenvalue weighted by Gasteiger charge is -2.24. The van der Waals surface area contributed by atoms with E-state index in [9.17, 15) is 4.79 Å². The van der Waals surface area contributed by atoms with Gasteiger partial charge in [-0.25, -0.2) is 0 Å². The zero-order valence-electron chi connectivity index (χ0n) is 13.6. The van der Waals surface area contributed by atoms with Crippen molar-refractivity contribution in [2.45, 2.75) is 6.42 Å². The van der Waals surface area contributed by atoms with Gasteiger partial charge in [0, 0.05) is 41.0 Å². The predicted molar refractivity (Wildman–Crippen MR) is 108 cm³/mol. The van der Waals surface area contributed by atoms with Gasteiger partial charge in [0.05, 0.1) is 16.7 Å². The molecule has 0 radical (unpaired) electrons. The summed E-state index contributed by atoms with van der Waals surface area (Å²) in [6, 6.07) is 15.1. The minimum absolute atomic E-state index is 0.0521. The van der Waals surface area contributed by atoms with E-state index in [0.717, 1.165) is 35.3 Å². The molecule has 1 heterocycles. The van der Waals surface area contributed by atoms with Crippen molar-refractivity contribution in [2.24, 2.45) is 0 Å². The Hall–Kier alpha value is -1.78. The van der Waals surface area contributed by atoms with Gasteiger partial charge in [-0.1, -0.05) is 11.6 Å². The van der Waals surface area contributed by atoms with Crippen LogP contribution in [0.25, 0.3) is 0 Å². The van der Waals surface area contributed by atoms with Crippen LogP contribution in [0.15, 0.2) is 42.5 Å². The van der Waals surface area contributed by atoms with Crippen LogP contribution in [-0.2, 0) is 0 Å². The van der Waals surface area contributed by atoms with Gasteiger partial charge in [-0.15, -0.1) is 0 Å². The number of carbonyl (C=O) groups is 1. The van der Waals surface area contributed by atoms with Crippen LogP contribution in [0.2, 0.25) is 5.02 Å². The van der Waals surface area contributed by atoms with E-state index < -0.39 is 0 Å². The lowest BCUT2D eigenvalue weighted by atomic mass is 10.2. The fraction of sp³-hybridized carbons (Fsp3) is 0.263. The quantitative estimate of drug-likeness (QED) is 0.626. The van der Waals surface area contributed by atoms with Crippen molar-refractivity contribution in [3.63, 3.8) is 0 Å². The maximum absolute atomic E-state index is 12.8. The van der Waals surface area contributed by atoms with E-state index in [1.54, 1.807) is 12.1 Å². The fourth-order valence-electron chi connectivity index (χ4n) is 2.94. The van der Waals surface area contributed by atoms with Crippen molar-refractivity contribution in [1.82, 2.24) is 4.90 Å². The first-order valence-electron chi connectivity index (χ1n) is 8.08. The van der Waals surface area contributed by atoms with E-state index in [1.807, 2.05) is 35.2 Å². The Morgan fingerprint density at radius 1 is 1.08 bits per heavy atom. The largest absolute Gasteiger partial charge is 0.370 e. The van der Waals surface area contributed by atoms with Gasteiger partial charge in [0.2, 0.25) is 0 Å². The average Bonchev–Trinajstić information content (AvgIpc) is 2.89. The third-order valence-electron chi connectivity index (χ3n) is 4.31. The normalized spacial score (nSPS) is 14.8. The highest BCUT2D eigenvalue weighted by Gasteiger charge is 2.21. The molecule has 0 aromatic heterocycles. The molecule has 1 amide bonds. The summed E-state index contributed by atoms with van der Waals surface area (Å²) in [5, 5.41) is 9.57. The van der Waals surface area contributed by atoms with E-state index in [-0.39, 0.29) is 5.91 Å². The van der Waals surface area contributed by atoms with E-state index in [2.05, 4.69) is 33.6 Å². The highest BCUT2D eigenvalue weighted by atomic mass is 127. The van der Waals surface area contributed by atoms with Gasteiger partial charge in [-0.05, 0) is 71.5 Å². The molecule has 0 N–H and O–H groups in total. The topological polar surface area (TPSA) is 47.3 Å². The van der Waals surface area contributed by atoms with E-state index in [4.69, 9.17) is 16.9 Å². The molecule has 0 spiro atoms. The summed E-state index contributed by atoms with van der Waals surface area (Å²) >= 11 is 8.19.